The quantitative estimate of drug-likeness (QED) is 0.448. The number of rotatable bonds is 7. The van der Waals surface area contributed by atoms with Gasteiger partial charge in [-0.15, -0.1) is 0 Å². The van der Waals surface area contributed by atoms with E-state index in [9.17, 15) is 0 Å². The van der Waals surface area contributed by atoms with Gasteiger partial charge in [0.2, 0.25) is 0 Å². The minimum atomic E-state index is -0.300. The van der Waals surface area contributed by atoms with Gasteiger partial charge in [-0.2, -0.15) is 0 Å². The summed E-state index contributed by atoms with van der Waals surface area (Å²) >= 11 is 0. The van der Waals surface area contributed by atoms with E-state index in [1.807, 2.05) is 27.7 Å². The van der Waals surface area contributed by atoms with E-state index >= 15 is 0 Å². The Morgan fingerprint density at radius 2 is 1.54 bits per heavy atom. The molecule has 0 aliphatic heterocycles. The molecule has 0 aromatic heterocycles. The second-order valence-electron chi connectivity index (χ2n) is 2.67. The van der Waals surface area contributed by atoms with Crippen LogP contribution in [0.4, 0.5) is 0 Å². The van der Waals surface area contributed by atoms with E-state index in [2.05, 4.69) is 0 Å². The lowest BCUT2D eigenvalue weighted by Crippen LogP contribution is -2.26. The van der Waals surface area contributed by atoms with E-state index in [0.29, 0.717) is 17.1 Å². The Hall–Kier alpha value is 0.0569. The summed E-state index contributed by atoms with van der Waals surface area (Å²) in [5.74, 6) is 0. The van der Waals surface area contributed by atoms with Gasteiger partial charge in [0.1, 0.15) is 16.8 Å². The highest BCUT2D eigenvalue weighted by molar-refractivity contribution is 5.98. The van der Waals surface area contributed by atoms with Gasteiger partial charge in [-0.25, -0.2) is 0 Å². The normalized spacial score (nSPS) is 18.5. The Balaban J connectivity index is 3.54. The molecule has 0 heterocycles. The summed E-state index contributed by atoms with van der Waals surface area (Å²) in [6, 6.07) is 0. The molecule has 0 aliphatic carbocycles. The molecule has 3 atom stereocenters. The fourth-order valence-electron chi connectivity index (χ4n) is 0.901. The zero-order chi connectivity index (χ0) is 10.3. The van der Waals surface area contributed by atoms with E-state index in [-0.39, 0.29) is 18.9 Å². The molecule has 0 aromatic rings. The van der Waals surface area contributed by atoms with E-state index in [0.717, 1.165) is 0 Å². The molecule has 5 heteroatoms. The molecule has 0 radical (unpaired) electrons. The lowest BCUT2D eigenvalue weighted by atomic mass is 10.6. The Bertz CT molecular complexity index is 123. The van der Waals surface area contributed by atoms with Crippen LogP contribution in [0.25, 0.3) is 0 Å². The minimum absolute atomic E-state index is 0.199. The van der Waals surface area contributed by atoms with Crippen molar-refractivity contribution < 1.29 is 18.6 Å². The molecule has 0 saturated heterocycles. The molecule has 0 rings (SSSR count). The third kappa shape index (κ3) is 7.15. The molecule has 0 N–H and O–H groups in total. The standard InChI is InChI=1S/C8H20O4Si/c1-5-9-6(2)10-7(3)11-8(4)12-13/h6-8H,5H2,1-4,13H3. The molecule has 0 saturated carbocycles. The van der Waals surface area contributed by atoms with Crippen molar-refractivity contribution in [1.82, 2.24) is 0 Å². The zero-order valence-corrected chi connectivity index (χ0v) is 11.1. The zero-order valence-electron chi connectivity index (χ0n) is 9.07. The molecule has 0 aromatic carbocycles. The van der Waals surface area contributed by atoms with E-state index in [4.69, 9.17) is 18.6 Å². The third-order valence-electron chi connectivity index (χ3n) is 1.50. The lowest BCUT2D eigenvalue weighted by Gasteiger charge is -2.22. The predicted molar refractivity (Wildman–Crippen MR) is 53.2 cm³/mol. The second-order valence-corrected chi connectivity index (χ2v) is 3.14. The number of ether oxygens (including phenoxy) is 3. The van der Waals surface area contributed by atoms with Gasteiger partial charge < -0.3 is 18.6 Å². The molecule has 3 unspecified atom stereocenters. The molecular formula is C8H20O4Si. The fraction of sp³-hybridized carbons (Fsp3) is 1.00. The smallest absolute Gasteiger partial charge is 0.161 e. The first-order valence-corrected chi connectivity index (χ1v) is 5.37. The van der Waals surface area contributed by atoms with Crippen molar-refractivity contribution in [2.45, 2.75) is 46.6 Å². The van der Waals surface area contributed by atoms with Crippen molar-refractivity contribution in [1.29, 1.82) is 0 Å². The summed E-state index contributed by atoms with van der Waals surface area (Å²) in [5, 5.41) is 0. The van der Waals surface area contributed by atoms with Crippen LogP contribution in [0.5, 0.6) is 0 Å². The van der Waals surface area contributed by atoms with Crippen LogP contribution in [0, 0.1) is 0 Å². The van der Waals surface area contributed by atoms with E-state index in [1.165, 1.54) is 0 Å². The van der Waals surface area contributed by atoms with Crippen molar-refractivity contribution in [3.8, 4) is 0 Å². The van der Waals surface area contributed by atoms with Crippen molar-refractivity contribution >= 4 is 10.5 Å². The summed E-state index contributed by atoms with van der Waals surface area (Å²) in [4.78, 5) is 0. The van der Waals surface area contributed by atoms with Crippen molar-refractivity contribution in [3.05, 3.63) is 0 Å². The fourth-order valence-corrected chi connectivity index (χ4v) is 1.01. The highest BCUT2D eigenvalue weighted by Crippen LogP contribution is 2.04. The first-order valence-electron chi connectivity index (χ1n) is 4.55. The van der Waals surface area contributed by atoms with Crippen LogP contribution in [0.2, 0.25) is 0 Å². The van der Waals surface area contributed by atoms with Crippen LogP contribution in [0.1, 0.15) is 27.7 Å². The molecular weight excluding hydrogens is 188 g/mol. The Morgan fingerprint density at radius 1 is 1.00 bits per heavy atom. The maximum Gasteiger partial charge on any atom is 0.161 e. The van der Waals surface area contributed by atoms with Gasteiger partial charge in [-0.1, -0.05) is 0 Å². The highest BCUT2D eigenvalue weighted by Gasteiger charge is 2.11. The van der Waals surface area contributed by atoms with Crippen LogP contribution in [0.15, 0.2) is 0 Å². The maximum atomic E-state index is 5.35. The topological polar surface area (TPSA) is 36.9 Å². The van der Waals surface area contributed by atoms with Crippen molar-refractivity contribution in [2.24, 2.45) is 0 Å². The number of hydrogen-bond acceptors (Lipinski definition) is 4. The molecule has 0 fully saturated rings. The van der Waals surface area contributed by atoms with Crippen molar-refractivity contribution in [2.75, 3.05) is 6.61 Å². The molecule has 0 amide bonds. The average Bonchev–Trinajstić information content (AvgIpc) is 2.04. The summed E-state index contributed by atoms with van der Waals surface area (Å²) in [6.45, 7) is 8.08. The third-order valence-corrected chi connectivity index (χ3v) is 2.16. The SMILES string of the molecule is CCOC(C)OC(C)OC(C)O[SiH3]. The van der Waals surface area contributed by atoms with Gasteiger partial charge in [0.25, 0.3) is 0 Å². The average molecular weight is 208 g/mol. The highest BCUT2D eigenvalue weighted by atomic mass is 28.2. The lowest BCUT2D eigenvalue weighted by molar-refractivity contribution is -0.264. The molecule has 13 heavy (non-hydrogen) atoms. The minimum Gasteiger partial charge on any atom is -0.404 e. The molecule has 0 bridgehead atoms. The maximum absolute atomic E-state index is 5.35. The van der Waals surface area contributed by atoms with Crippen LogP contribution in [-0.4, -0.2) is 36.0 Å². The van der Waals surface area contributed by atoms with Crippen LogP contribution >= 0.6 is 0 Å². The molecule has 80 valence electrons. The van der Waals surface area contributed by atoms with Crippen LogP contribution in [0.3, 0.4) is 0 Å². The van der Waals surface area contributed by atoms with Gasteiger partial charge >= 0.3 is 0 Å². The monoisotopic (exact) mass is 208 g/mol. The summed E-state index contributed by atoms with van der Waals surface area (Å²) in [6.07, 6.45) is -0.734. The molecule has 0 spiro atoms. The summed E-state index contributed by atoms with van der Waals surface area (Å²) in [5.41, 5.74) is 0. The van der Waals surface area contributed by atoms with Crippen LogP contribution in [-0.2, 0) is 18.6 Å². The van der Waals surface area contributed by atoms with Gasteiger partial charge in [0.15, 0.2) is 12.6 Å². The summed E-state index contributed by atoms with van der Waals surface area (Å²) in [7, 11) is 0.667. The molecule has 0 aliphatic rings. The Kier molecular flexibility index (Phi) is 7.49. The van der Waals surface area contributed by atoms with Gasteiger partial charge in [-0.3, -0.25) is 0 Å². The van der Waals surface area contributed by atoms with E-state index in [1.54, 1.807) is 0 Å². The van der Waals surface area contributed by atoms with E-state index < -0.39 is 0 Å². The van der Waals surface area contributed by atoms with Gasteiger partial charge in [-0.05, 0) is 27.7 Å². The Morgan fingerprint density at radius 3 is 2.00 bits per heavy atom. The van der Waals surface area contributed by atoms with Crippen molar-refractivity contribution in [3.63, 3.8) is 0 Å². The second kappa shape index (κ2) is 7.46. The predicted octanol–water partition coefficient (Wildman–Crippen LogP) is 0.391. The van der Waals surface area contributed by atoms with Crippen LogP contribution < -0.4 is 0 Å². The van der Waals surface area contributed by atoms with Gasteiger partial charge in [0.05, 0.1) is 0 Å². The Labute approximate surface area is 83.0 Å². The molecule has 4 nitrogen and oxygen atoms in total. The first kappa shape index (κ1) is 13.1. The van der Waals surface area contributed by atoms with Gasteiger partial charge in [0, 0.05) is 6.61 Å². The largest absolute Gasteiger partial charge is 0.404 e. The number of hydrogen-bond donors (Lipinski definition) is 0. The summed E-state index contributed by atoms with van der Waals surface area (Å²) < 4.78 is 20.9. The first-order chi connectivity index (χ1) is 6.10.